The molecule has 0 saturated carbocycles. The van der Waals surface area contributed by atoms with Crippen LogP contribution in [-0.4, -0.2) is 24.3 Å². The first-order valence-electron chi connectivity index (χ1n) is 15.4. The van der Waals surface area contributed by atoms with Crippen molar-refractivity contribution in [2.24, 2.45) is 5.41 Å². The highest BCUT2D eigenvalue weighted by atomic mass is 16.5. The summed E-state index contributed by atoms with van der Waals surface area (Å²) in [6.45, 7) is 2.02. The maximum absolute atomic E-state index is 15.4. The number of carbonyl (C=O) groups excluding carboxylic acids is 2. The van der Waals surface area contributed by atoms with Gasteiger partial charge in [-0.05, 0) is 46.4 Å². The number of ketones is 2. The standard InChI is InChI=1S/C42H34O3/c1-29-23-25-30(26-24-29)35-27-42(45-2)36(37(31-15-7-3-8-16-31)32-17-9-4-10-18-32)28-41(39(35)43,40(42)44)38(33-19-11-5-12-20-33)34-21-13-6-14-22-34/h3-28,37-38H,1-2H3/t41-,42-/m0/s1. The SMILES string of the molecule is CO[C@@]12C=C(c3ccc(C)cc3)C(=O)[C@@](C(c3ccccc3)c3ccccc3)(C=C1C(c1ccccc1)c1ccccc1)C2=O. The predicted molar refractivity (Wildman–Crippen MR) is 179 cm³/mol. The quantitative estimate of drug-likeness (QED) is 0.135. The number of methoxy groups -OCH3 is 1. The Morgan fingerprint density at radius 2 is 1.00 bits per heavy atom. The van der Waals surface area contributed by atoms with Gasteiger partial charge in [0.15, 0.2) is 17.2 Å². The number of aryl methyl sites for hydroxylation is 1. The zero-order valence-corrected chi connectivity index (χ0v) is 25.4. The van der Waals surface area contributed by atoms with Gasteiger partial charge in [0, 0.05) is 24.5 Å². The van der Waals surface area contributed by atoms with Gasteiger partial charge in [0.05, 0.1) is 0 Å². The Hall–Kier alpha value is -5.12. The molecule has 0 radical (unpaired) electrons. The van der Waals surface area contributed by atoms with E-state index < -0.39 is 16.9 Å². The third-order valence-corrected chi connectivity index (χ3v) is 9.48. The van der Waals surface area contributed by atoms with Gasteiger partial charge in [-0.25, -0.2) is 0 Å². The van der Waals surface area contributed by atoms with Crippen LogP contribution in [0.3, 0.4) is 0 Å². The summed E-state index contributed by atoms with van der Waals surface area (Å²) in [5.41, 5.74) is 3.95. The number of allylic oxidation sites excluding steroid dienone is 2. The molecule has 0 saturated heterocycles. The molecule has 220 valence electrons. The summed E-state index contributed by atoms with van der Waals surface area (Å²) in [5, 5.41) is 0. The maximum atomic E-state index is 15.4. The first-order chi connectivity index (χ1) is 22.0. The lowest BCUT2D eigenvalue weighted by Gasteiger charge is -2.41. The minimum Gasteiger partial charge on any atom is -0.362 e. The number of hydrogen-bond acceptors (Lipinski definition) is 3. The molecular weight excluding hydrogens is 552 g/mol. The van der Waals surface area contributed by atoms with E-state index in [1.165, 1.54) is 0 Å². The van der Waals surface area contributed by atoms with Crippen molar-refractivity contribution in [2.75, 3.05) is 7.11 Å². The summed E-state index contributed by atoms with van der Waals surface area (Å²) < 4.78 is 6.44. The first-order valence-corrected chi connectivity index (χ1v) is 15.4. The molecule has 0 aliphatic heterocycles. The maximum Gasteiger partial charge on any atom is 0.191 e. The molecule has 0 unspecified atom stereocenters. The van der Waals surface area contributed by atoms with Gasteiger partial charge < -0.3 is 4.74 Å². The fourth-order valence-electron chi connectivity index (χ4n) is 7.38. The molecule has 3 nitrogen and oxygen atoms in total. The predicted octanol–water partition coefficient (Wildman–Crippen LogP) is 8.51. The summed E-state index contributed by atoms with van der Waals surface area (Å²) in [6.07, 6.45) is 3.78. The van der Waals surface area contributed by atoms with Crippen LogP contribution in [0.1, 0.15) is 45.2 Å². The van der Waals surface area contributed by atoms with E-state index in [0.29, 0.717) is 5.57 Å². The van der Waals surface area contributed by atoms with Crippen molar-refractivity contribution in [3.8, 4) is 0 Å². The van der Waals surface area contributed by atoms with Crippen LogP contribution in [0.15, 0.2) is 163 Å². The van der Waals surface area contributed by atoms with Gasteiger partial charge in [-0.3, -0.25) is 9.59 Å². The molecule has 0 heterocycles. The zero-order valence-electron chi connectivity index (χ0n) is 25.4. The minimum atomic E-state index is -1.55. The lowest BCUT2D eigenvalue weighted by atomic mass is 9.59. The van der Waals surface area contributed by atoms with E-state index >= 15 is 9.59 Å². The molecule has 7 rings (SSSR count). The van der Waals surface area contributed by atoms with E-state index in [-0.39, 0.29) is 17.5 Å². The van der Waals surface area contributed by atoms with Gasteiger partial charge in [0.25, 0.3) is 0 Å². The second-order valence-electron chi connectivity index (χ2n) is 12.0. The number of ether oxygens (including phenoxy) is 1. The van der Waals surface area contributed by atoms with Crippen LogP contribution in [0, 0.1) is 12.3 Å². The summed E-state index contributed by atoms with van der Waals surface area (Å²) in [4.78, 5) is 30.7. The van der Waals surface area contributed by atoms with Gasteiger partial charge in [-0.2, -0.15) is 0 Å². The van der Waals surface area contributed by atoms with E-state index in [4.69, 9.17) is 4.74 Å². The average molecular weight is 587 g/mol. The molecule has 0 aromatic heterocycles. The van der Waals surface area contributed by atoms with E-state index in [1.807, 2.05) is 134 Å². The average Bonchev–Trinajstić information content (AvgIpc) is 3.27. The fraction of sp³-hybridized carbons (Fsp3) is 0.143. The molecule has 0 N–H and O–H groups in total. The molecule has 5 aromatic carbocycles. The molecule has 3 heteroatoms. The van der Waals surface area contributed by atoms with Gasteiger partial charge in [-0.15, -0.1) is 0 Å². The molecule has 0 amide bonds. The monoisotopic (exact) mass is 586 g/mol. The molecule has 45 heavy (non-hydrogen) atoms. The lowest BCUT2D eigenvalue weighted by Crippen LogP contribution is -2.54. The second-order valence-corrected chi connectivity index (χ2v) is 12.0. The molecule has 2 aliphatic carbocycles. The number of benzene rings is 5. The van der Waals surface area contributed by atoms with E-state index in [0.717, 1.165) is 39.0 Å². The highest BCUT2D eigenvalue weighted by Gasteiger charge is 2.68. The Kier molecular flexibility index (Phi) is 7.27. The zero-order chi connectivity index (χ0) is 31.0. The molecule has 0 spiro atoms. The van der Waals surface area contributed by atoms with Crippen molar-refractivity contribution in [3.05, 3.63) is 197 Å². The van der Waals surface area contributed by atoms with E-state index in [1.54, 1.807) is 13.2 Å². The molecular formula is C42H34O3. The minimum absolute atomic E-state index is 0.211. The van der Waals surface area contributed by atoms with Crippen molar-refractivity contribution in [3.63, 3.8) is 0 Å². The fourth-order valence-corrected chi connectivity index (χ4v) is 7.38. The van der Waals surface area contributed by atoms with Crippen molar-refractivity contribution in [1.29, 1.82) is 0 Å². The Morgan fingerprint density at radius 1 is 0.556 bits per heavy atom. The van der Waals surface area contributed by atoms with Crippen LogP contribution in [-0.2, 0) is 14.3 Å². The summed E-state index contributed by atoms with van der Waals surface area (Å²) in [6, 6.07) is 48.2. The van der Waals surface area contributed by atoms with E-state index in [2.05, 4.69) is 24.3 Å². The number of rotatable bonds is 8. The first kappa shape index (κ1) is 28.6. The third kappa shape index (κ3) is 4.54. The van der Waals surface area contributed by atoms with E-state index in [9.17, 15) is 0 Å². The van der Waals surface area contributed by atoms with Crippen LogP contribution in [0.4, 0.5) is 0 Å². The number of Topliss-reactive ketones (excluding diaryl/α,β-unsaturated/α-hetero) is 2. The number of hydrogen-bond donors (Lipinski definition) is 0. The van der Waals surface area contributed by atoms with Gasteiger partial charge in [-0.1, -0.05) is 157 Å². The molecule has 2 atom stereocenters. The van der Waals surface area contributed by atoms with Crippen LogP contribution in [0.2, 0.25) is 0 Å². The summed E-state index contributed by atoms with van der Waals surface area (Å²) in [5.74, 6) is -1.36. The normalized spacial score (nSPS) is 20.8. The van der Waals surface area contributed by atoms with Crippen LogP contribution in [0.5, 0.6) is 0 Å². The largest absolute Gasteiger partial charge is 0.362 e. The van der Waals surface area contributed by atoms with Crippen LogP contribution in [0.25, 0.3) is 5.57 Å². The van der Waals surface area contributed by atoms with Crippen molar-refractivity contribution >= 4 is 17.1 Å². The van der Waals surface area contributed by atoms with Crippen molar-refractivity contribution in [2.45, 2.75) is 24.4 Å². The van der Waals surface area contributed by atoms with Crippen molar-refractivity contribution < 1.29 is 14.3 Å². The van der Waals surface area contributed by atoms with Gasteiger partial charge in [0.2, 0.25) is 0 Å². The highest BCUT2D eigenvalue weighted by Crippen LogP contribution is 2.61. The number of carbonyl (C=O) groups is 2. The smallest absolute Gasteiger partial charge is 0.191 e. The highest BCUT2D eigenvalue weighted by molar-refractivity contribution is 6.37. The second kappa shape index (κ2) is 11.4. The third-order valence-electron chi connectivity index (χ3n) is 9.48. The lowest BCUT2D eigenvalue weighted by molar-refractivity contribution is -0.145. The van der Waals surface area contributed by atoms with Crippen LogP contribution >= 0.6 is 0 Å². The Balaban J connectivity index is 1.59. The Bertz CT molecular complexity index is 1830. The number of fused-ring (bicyclic) bond motifs is 2. The molecule has 2 aliphatic rings. The molecule has 0 fully saturated rings. The molecule has 5 aromatic rings. The Morgan fingerprint density at radius 3 is 1.44 bits per heavy atom. The van der Waals surface area contributed by atoms with Crippen LogP contribution < -0.4 is 0 Å². The van der Waals surface area contributed by atoms with Gasteiger partial charge in [0.1, 0.15) is 5.41 Å². The Labute approximate surface area is 264 Å². The topological polar surface area (TPSA) is 43.4 Å². The summed E-state index contributed by atoms with van der Waals surface area (Å²) >= 11 is 0. The van der Waals surface area contributed by atoms with Crippen molar-refractivity contribution in [1.82, 2.24) is 0 Å². The van der Waals surface area contributed by atoms with Gasteiger partial charge >= 0.3 is 0 Å². The summed E-state index contributed by atoms with van der Waals surface area (Å²) in [7, 11) is 1.59. The molecule has 2 bridgehead atoms.